The van der Waals surface area contributed by atoms with Gasteiger partial charge in [-0.2, -0.15) is 0 Å². The van der Waals surface area contributed by atoms with E-state index in [0.717, 1.165) is 17.9 Å². The van der Waals surface area contributed by atoms with Gasteiger partial charge in [0.15, 0.2) is 0 Å². The molecule has 0 atom stereocenters. The van der Waals surface area contributed by atoms with Gasteiger partial charge in [0.05, 0.1) is 5.02 Å². The molecule has 2 aromatic rings. The molecule has 0 aliphatic carbocycles. The van der Waals surface area contributed by atoms with Crippen molar-refractivity contribution in [2.45, 2.75) is 13.5 Å². The van der Waals surface area contributed by atoms with Crippen LogP contribution in [0, 0.1) is 6.92 Å². The molecule has 2 nitrogen and oxygen atoms in total. The van der Waals surface area contributed by atoms with Crippen molar-refractivity contribution in [1.29, 1.82) is 0 Å². The van der Waals surface area contributed by atoms with Crippen molar-refractivity contribution in [1.82, 2.24) is 5.32 Å². The second kappa shape index (κ2) is 6.29. The highest BCUT2D eigenvalue weighted by molar-refractivity contribution is 6.42. The summed E-state index contributed by atoms with van der Waals surface area (Å²) in [5.74, 6) is 1.35. The summed E-state index contributed by atoms with van der Waals surface area (Å²) in [4.78, 5) is 0. The fraction of sp³-hybridized carbons (Fsp3) is 0.200. The molecule has 0 saturated heterocycles. The highest BCUT2D eigenvalue weighted by atomic mass is 35.5. The third-order valence-electron chi connectivity index (χ3n) is 2.72. The molecule has 0 aliphatic rings. The lowest BCUT2D eigenvalue weighted by atomic mass is 10.1. The lowest BCUT2D eigenvalue weighted by Gasteiger charge is -2.13. The maximum absolute atomic E-state index is 6.13. The van der Waals surface area contributed by atoms with Gasteiger partial charge >= 0.3 is 0 Å². The first-order valence-electron chi connectivity index (χ1n) is 5.98. The van der Waals surface area contributed by atoms with E-state index in [2.05, 4.69) is 18.3 Å². The topological polar surface area (TPSA) is 21.3 Å². The predicted molar refractivity (Wildman–Crippen MR) is 80.5 cm³/mol. The molecule has 0 bridgehead atoms. The Kier molecular flexibility index (Phi) is 4.70. The van der Waals surface area contributed by atoms with Gasteiger partial charge in [-0.05, 0) is 32.2 Å². The van der Waals surface area contributed by atoms with Crippen molar-refractivity contribution in [2.75, 3.05) is 7.05 Å². The summed E-state index contributed by atoms with van der Waals surface area (Å²) >= 11 is 12.1. The van der Waals surface area contributed by atoms with Gasteiger partial charge in [-0.3, -0.25) is 0 Å². The fourth-order valence-electron chi connectivity index (χ4n) is 1.82. The zero-order valence-electron chi connectivity index (χ0n) is 10.8. The summed E-state index contributed by atoms with van der Waals surface area (Å²) in [6, 6.07) is 11.4. The summed E-state index contributed by atoms with van der Waals surface area (Å²) in [6.45, 7) is 2.78. The van der Waals surface area contributed by atoms with Crippen LogP contribution >= 0.6 is 23.2 Å². The maximum Gasteiger partial charge on any atom is 0.147 e. The van der Waals surface area contributed by atoms with E-state index in [0.29, 0.717) is 15.8 Å². The first kappa shape index (κ1) is 14.2. The quantitative estimate of drug-likeness (QED) is 0.874. The normalized spacial score (nSPS) is 10.5. The summed E-state index contributed by atoms with van der Waals surface area (Å²) < 4.78 is 5.87. The standard InChI is InChI=1S/C15H15Cl2NO/c1-10-6-7-13(11(8-10)9-18-2)19-14-5-3-4-12(16)15(14)17/h3-8,18H,9H2,1-2H3. The van der Waals surface area contributed by atoms with E-state index < -0.39 is 0 Å². The molecule has 1 N–H and O–H groups in total. The minimum atomic E-state index is 0.431. The first-order valence-corrected chi connectivity index (χ1v) is 6.73. The number of hydrogen-bond donors (Lipinski definition) is 1. The minimum absolute atomic E-state index is 0.431. The van der Waals surface area contributed by atoms with Crippen LogP contribution < -0.4 is 10.1 Å². The number of hydrogen-bond acceptors (Lipinski definition) is 2. The highest BCUT2D eigenvalue weighted by Gasteiger charge is 2.09. The second-order valence-corrected chi connectivity index (χ2v) is 5.08. The van der Waals surface area contributed by atoms with Crippen molar-refractivity contribution >= 4 is 23.2 Å². The van der Waals surface area contributed by atoms with Gasteiger partial charge in [0.25, 0.3) is 0 Å². The molecule has 0 saturated carbocycles. The SMILES string of the molecule is CNCc1cc(C)ccc1Oc1cccc(Cl)c1Cl. The molecule has 0 radical (unpaired) electrons. The van der Waals surface area contributed by atoms with Crippen LogP contribution in [0.1, 0.15) is 11.1 Å². The third-order valence-corrected chi connectivity index (χ3v) is 3.52. The Morgan fingerprint density at radius 3 is 2.63 bits per heavy atom. The van der Waals surface area contributed by atoms with E-state index in [1.807, 2.05) is 25.2 Å². The van der Waals surface area contributed by atoms with Crippen molar-refractivity contribution in [2.24, 2.45) is 0 Å². The van der Waals surface area contributed by atoms with Crippen LogP contribution in [-0.4, -0.2) is 7.05 Å². The maximum atomic E-state index is 6.13. The molecular weight excluding hydrogens is 281 g/mol. The van der Waals surface area contributed by atoms with E-state index in [9.17, 15) is 0 Å². The van der Waals surface area contributed by atoms with E-state index in [-0.39, 0.29) is 0 Å². The average Bonchev–Trinajstić information content (AvgIpc) is 2.38. The molecular formula is C15H15Cl2NO. The Bertz CT molecular complexity index is 584. The van der Waals surface area contributed by atoms with Gasteiger partial charge in [0, 0.05) is 12.1 Å². The number of rotatable bonds is 4. The Morgan fingerprint density at radius 1 is 1.11 bits per heavy atom. The van der Waals surface area contributed by atoms with Crippen LogP contribution in [0.15, 0.2) is 36.4 Å². The van der Waals surface area contributed by atoms with Gasteiger partial charge in [-0.25, -0.2) is 0 Å². The number of benzene rings is 2. The van der Waals surface area contributed by atoms with Crippen LogP contribution in [0.3, 0.4) is 0 Å². The molecule has 0 heterocycles. The van der Waals surface area contributed by atoms with E-state index in [1.54, 1.807) is 12.1 Å². The van der Waals surface area contributed by atoms with Crippen LogP contribution in [0.2, 0.25) is 10.0 Å². The number of halogens is 2. The van der Waals surface area contributed by atoms with Gasteiger partial charge in [-0.15, -0.1) is 0 Å². The van der Waals surface area contributed by atoms with Crippen LogP contribution in [0.4, 0.5) is 0 Å². The molecule has 4 heteroatoms. The van der Waals surface area contributed by atoms with E-state index in [4.69, 9.17) is 27.9 Å². The first-order chi connectivity index (χ1) is 9.11. The molecule has 0 amide bonds. The molecule has 2 rings (SSSR count). The van der Waals surface area contributed by atoms with Crippen molar-refractivity contribution in [3.63, 3.8) is 0 Å². The number of nitrogens with one attached hydrogen (secondary N) is 1. The molecule has 0 unspecified atom stereocenters. The van der Waals surface area contributed by atoms with Crippen molar-refractivity contribution < 1.29 is 4.74 Å². The highest BCUT2D eigenvalue weighted by Crippen LogP contribution is 2.35. The van der Waals surface area contributed by atoms with E-state index >= 15 is 0 Å². The Morgan fingerprint density at radius 2 is 1.89 bits per heavy atom. The fourth-order valence-corrected chi connectivity index (χ4v) is 2.15. The molecule has 100 valence electrons. The zero-order chi connectivity index (χ0) is 13.8. The Labute approximate surface area is 123 Å². The van der Waals surface area contributed by atoms with Gasteiger partial charge in [0.1, 0.15) is 16.5 Å². The minimum Gasteiger partial charge on any atom is -0.455 e. The predicted octanol–water partition coefficient (Wildman–Crippen LogP) is 4.81. The molecule has 2 aromatic carbocycles. The van der Waals surface area contributed by atoms with Gasteiger partial charge in [-0.1, -0.05) is 47.0 Å². The monoisotopic (exact) mass is 295 g/mol. The lowest BCUT2D eigenvalue weighted by molar-refractivity contribution is 0.474. The molecule has 19 heavy (non-hydrogen) atoms. The summed E-state index contributed by atoms with van der Waals surface area (Å²) in [5, 5.41) is 4.04. The van der Waals surface area contributed by atoms with Crippen LogP contribution in [0.25, 0.3) is 0 Å². The van der Waals surface area contributed by atoms with Crippen molar-refractivity contribution in [3.8, 4) is 11.5 Å². The Hall–Kier alpha value is -1.22. The lowest BCUT2D eigenvalue weighted by Crippen LogP contribution is -2.06. The molecule has 0 spiro atoms. The van der Waals surface area contributed by atoms with Crippen LogP contribution in [0.5, 0.6) is 11.5 Å². The molecule has 0 aliphatic heterocycles. The number of ether oxygens (including phenoxy) is 1. The van der Waals surface area contributed by atoms with Crippen LogP contribution in [-0.2, 0) is 6.54 Å². The van der Waals surface area contributed by atoms with Gasteiger partial charge < -0.3 is 10.1 Å². The van der Waals surface area contributed by atoms with Gasteiger partial charge in [0.2, 0.25) is 0 Å². The molecule has 0 fully saturated rings. The molecule has 0 aromatic heterocycles. The Balaban J connectivity index is 2.35. The van der Waals surface area contributed by atoms with E-state index in [1.165, 1.54) is 5.56 Å². The third kappa shape index (κ3) is 3.41. The second-order valence-electron chi connectivity index (χ2n) is 4.30. The van der Waals surface area contributed by atoms with Crippen molar-refractivity contribution in [3.05, 3.63) is 57.6 Å². The smallest absolute Gasteiger partial charge is 0.147 e. The largest absolute Gasteiger partial charge is 0.455 e. The zero-order valence-corrected chi connectivity index (χ0v) is 12.3. The summed E-state index contributed by atoms with van der Waals surface area (Å²) in [7, 11) is 1.90. The summed E-state index contributed by atoms with van der Waals surface area (Å²) in [6.07, 6.45) is 0. The number of aryl methyl sites for hydroxylation is 1. The summed E-state index contributed by atoms with van der Waals surface area (Å²) in [5.41, 5.74) is 2.27. The average molecular weight is 296 g/mol.